The molecular weight excluding hydrogens is 391 g/mol. The Hall–Kier alpha value is 1.44. The molecule has 0 aromatic carbocycles. The summed E-state index contributed by atoms with van der Waals surface area (Å²) in [5.74, 6) is 0. The molecule has 0 unspecified atom stereocenters. The molecule has 0 aromatic heterocycles. The van der Waals surface area contributed by atoms with E-state index in [1.807, 2.05) is 0 Å². The third-order valence-corrected chi connectivity index (χ3v) is 0. The van der Waals surface area contributed by atoms with Crippen molar-refractivity contribution in [1.82, 2.24) is 0 Å². The Morgan fingerprint density at radius 3 is 1.00 bits per heavy atom. The fourth-order valence-corrected chi connectivity index (χ4v) is 0. The van der Waals surface area contributed by atoms with Crippen molar-refractivity contribution in [2.24, 2.45) is 0 Å². The van der Waals surface area contributed by atoms with Gasteiger partial charge < -0.3 is 0 Å². The molecule has 0 aromatic rings. The summed E-state index contributed by atoms with van der Waals surface area (Å²) in [5.41, 5.74) is 0. The van der Waals surface area contributed by atoms with Crippen LogP contribution in [0.1, 0.15) is 0 Å². The van der Waals surface area contributed by atoms with Gasteiger partial charge in [0.1, 0.15) is 0 Å². The van der Waals surface area contributed by atoms with Crippen LogP contribution in [0.3, 0.4) is 0 Å². The zero-order chi connectivity index (χ0) is 2.00. The predicted octanol–water partition coefficient (Wildman–Crippen LogP) is 0.198. The average Bonchev–Trinajstić information content (AvgIpc) is 1.00. The first kappa shape index (κ1) is 18.0. The molecule has 0 heterocycles. The van der Waals surface area contributed by atoms with Crippen molar-refractivity contribution in [2.75, 3.05) is 0 Å². The topological polar surface area (TPSA) is 0 Å². The SMILES string of the molecule is [B]C.[W].[W]. The van der Waals surface area contributed by atoms with Crippen molar-refractivity contribution in [3.05, 3.63) is 0 Å². The Morgan fingerprint density at radius 1 is 1.00 bits per heavy atom. The van der Waals surface area contributed by atoms with Crippen molar-refractivity contribution in [1.29, 1.82) is 0 Å². The van der Waals surface area contributed by atoms with Crippen molar-refractivity contribution < 1.29 is 42.1 Å². The molecule has 2 radical (unpaired) electrons. The third-order valence-electron chi connectivity index (χ3n) is 0. The Bertz CT molecular complexity index is 6.00. The van der Waals surface area contributed by atoms with E-state index in [-0.39, 0.29) is 42.1 Å². The van der Waals surface area contributed by atoms with E-state index < -0.39 is 0 Å². The molecule has 0 saturated heterocycles. The third kappa shape index (κ3) is 9.87. The molecule has 0 fully saturated rings. The molecule has 0 aliphatic heterocycles. The van der Waals surface area contributed by atoms with Crippen LogP contribution >= 0.6 is 0 Å². The van der Waals surface area contributed by atoms with Crippen LogP contribution in [-0.4, -0.2) is 7.85 Å². The average molecular weight is 394 g/mol. The van der Waals surface area contributed by atoms with Crippen LogP contribution in [0, 0.1) is 0 Å². The Balaban J connectivity index is -0.00000000500. The first-order chi connectivity index (χ1) is 1.00. The summed E-state index contributed by atoms with van der Waals surface area (Å²) in [4.78, 5) is 0. The zero-order valence-corrected chi connectivity index (χ0v) is 8.26. The van der Waals surface area contributed by atoms with Gasteiger partial charge in [0.25, 0.3) is 0 Å². The maximum absolute atomic E-state index is 4.50. The fourth-order valence-electron chi connectivity index (χ4n) is 0. The molecule has 0 spiro atoms. The van der Waals surface area contributed by atoms with Crippen LogP contribution < -0.4 is 0 Å². The van der Waals surface area contributed by atoms with Gasteiger partial charge in [0.15, 0.2) is 0 Å². The second kappa shape index (κ2) is 25.3. The molecule has 0 amide bonds. The Morgan fingerprint density at radius 2 is 1.00 bits per heavy atom. The van der Waals surface area contributed by atoms with E-state index in [2.05, 4.69) is 7.85 Å². The van der Waals surface area contributed by atoms with E-state index in [9.17, 15) is 0 Å². The Labute approximate surface area is 56.7 Å². The second-order valence-electron chi connectivity index (χ2n) is 0. The van der Waals surface area contributed by atoms with Crippen LogP contribution in [-0.2, 0) is 42.1 Å². The summed E-state index contributed by atoms with van der Waals surface area (Å²) in [5, 5.41) is 0. The van der Waals surface area contributed by atoms with Gasteiger partial charge in [0.2, 0.25) is 0 Å². The molecular formula is CH3BW2. The van der Waals surface area contributed by atoms with Gasteiger partial charge >= 0.3 is 0 Å². The van der Waals surface area contributed by atoms with Crippen molar-refractivity contribution in [3.8, 4) is 0 Å². The van der Waals surface area contributed by atoms with E-state index >= 15 is 0 Å². The van der Waals surface area contributed by atoms with Gasteiger partial charge in [-0.05, 0) is 0 Å². The van der Waals surface area contributed by atoms with Crippen LogP contribution in [0.2, 0.25) is 6.82 Å². The van der Waals surface area contributed by atoms with Crippen molar-refractivity contribution in [3.63, 3.8) is 0 Å². The number of hydrogen-bond acceptors (Lipinski definition) is 0. The molecule has 0 nitrogen and oxygen atoms in total. The van der Waals surface area contributed by atoms with Crippen LogP contribution in [0.15, 0.2) is 0 Å². The maximum atomic E-state index is 4.50. The standard InChI is InChI=1S/CH3B.2W/c1-2;;/h1H3;;. The molecule has 22 valence electrons. The minimum atomic E-state index is 0. The summed E-state index contributed by atoms with van der Waals surface area (Å²) in [7, 11) is 4.50. The largest absolute Gasteiger partial charge is 0.0999 e. The van der Waals surface area contributed by atoms with Crippen LogP contribution in [0.4, 0.5) is 0 Å². The fraction of sp³-hybridized carbons (Fsp3) is 1.00. The number of rotatable bonds is 0. The minimum absolute atomic E-state index is 0. The molecule has 0 aliphatic rings. The van der Waals surface area contributed by atoms with Gasteiger partial charge in [-0.25, -0.2) is 0 Å². The molecule has 0 N–H and O–H groups in total. The first-order valence-corrected chi connectivity index (χ1v) is 0.577. The van der Waals surface area contributed by atoms with Gasteiger partial charge in [-0.3, -0.25) is 0 Å². The number of hydrogen-bond donors (Lipinski definition) is 0. The van der Waals surface area contributed by atoms with Crippen molar-refractivity contribution in [2.45, 2.75) is 6.82 Å². The van der Waals surface area contributed by atoms with Gasteiger partial charge in [0.05, 0.1) is 7.85 Å². The first-order valence-electron chi connectivity index (χ1n) is 0.577. The van der Waals surface area contributed by atoms with E-state index in [1.54, 1.807) is 0 Å². The summed E-state index contributed by atoms with van der Waals surface area (Å²) in [6.07, 6.45) is 0. The predicted molar refractivity (Wildman–Crippen MR) is 11.6 cm³/mol. The zero-order valence-electron chi connectivity index (χ0n) is 2.39. The molecule has 0 aliphatic carbocycles. The maximum Gasteiger partial charge on any atom is 0.0606 e. The van der Waals surface area contributed by atoms with E-state index in [4.69, 9.17) is 0 Å². The summed E-state index contributed by atoms with van der Waals surface area (Å²) >= 11 is 0. The molecule has 0 saturated carbocycles. The molecule has 0 rings (SSSR count). The quantitative estimate of drug-likeness (QED) is 0.516. The monoisotopic (exact) mass is 394 g/mol. The summed E-state index contributed by atoms with van der Waals surface area (Å²) in [6.45, 7) is 1.50. The molecule has 0 bridgehead atoms. The van der Waals surface area contributed by atoms with Gasteiger partial charge in [-0.2, -0.15) is 0 Å². The normalized spacial score (nSPS) is 1.25. The van der Waals surface area contributed by atoms with Gasteiger partial charge in [-0.1, -0.05) is 6.82 Å². The van der Waals surface area contributed by atoms with Crippen LogP contribution in [0.25, 0.3) is 0 Å². The van der Waals surface area contributed by atoms with Gasteiger partial charge in [0, 0.05) is 42.1 Å². The summed E-state index contributed by atoms with van der Waals surface area (Å²) in [6, 6.07) is 0. The van der Waals surface area contributed by atoms with E-state index in [1.165, 1.54) is 6.82 Å². The van der Waals surface area contributed by atoms with Crippen LogP contribution in [0.5, 0.6) is 0 Å². The summed E-state index contributed by atoms with van der Waals surface area (Å²) < 4.78 is 0. The molecule has 0 atom stereocenters. The molecule has 4 heavy (non-hydrogen) atoms. The van der Waals surface area contributed by atoms with Crippen molar-refractivity contribution >= 4 is 7.85 Å². The Kier molecular flexibility index (Phi) is 114. The minimum Gasteiger partial charge on any atom is -0.0999 e. The molecule has 3 heteroatoms. The van der Waals surface area contributed by atoms with Gasteiger partial charge in [-0.15, -0.1) is 0 Å². The van der Waals surface area contributed by atoms with E-state index in [0.717, 1.165) is 0 Å². The van der Waals surface area contributed by atoms with E-state index in [0.29, 0.717) is 0 Å². The second-order valence-corrected chi connectivity index (χ2v) is 0. The smallest absolute Gasteiger partial charge is 0.0606 e.